The van der Waals surface area contributed by atoms with Gasteiger partial charge in [-0.25, -0.2) is 0 Å². The fraction of sp³-hybridized carbons (Fsp3) is 0. The minimum atomic E-state index is 0.712. The zero-order valence-electron chi connectivity index (χ0n) is 9.35. The summed E-state index contributed by atoms with van der Waals surface area (Å²) in [6, 6.07) is 26.6. The third-order valence-corrected chi connectivity index (χ3v) is 4.15. The molecule has 81 valence electrons. The van der Waals surface area contributed by atoms with Gasteiger partial charge in [-0.15, -0.1) is 8.19 Å². The first-order chi connectivity index (χ1) is 8.43. The number of hydrogen-bond donors (Lipinski definition) is 0. The van der Waals surface area contributed by atoms with Gasteiger partial charge in [0.15, 0.2) is 0 Å². The SMILES string of the molecule is [c]1cc(-c2ccccc2)[pH]c1-c1ccccc1. The summed E-state index contributed by atoms with van der Waals surface area (Å²) in [6.07, 6.45) is 0. The highest BCUT2D eigenvalue weighted by atomic mass is 31.0. The van der Waals surface area contributed by atoms with E-state index in [0.717, 1.165) is 0 Å². The van der Waals surface area contributed by atoms with Crippen LogP contribution in [0.2, 0.25) is 0 Å². The lowest BCUT2D eigenvalue weighted by atomic mass is 10.2. The molecule has 0 saturated heterocycles. The number of hydrogen-bond acceptors (Lipinski definition) is 0. The van der Waals surface area contributed by atoms with Gasteiger partial charge in [-0.2, -0.15) is 0 Å². The monoisotopic (exact) mass is 235 g/mol. The first kappa shape index (κ1) is 10.4. The zero-order valence-corrected chi connectivity index (χ0v) is 10.4. The molecule has 2 aromatic carbocycles. The van der Waals surface area contributed by atoms with Crippen molar-refractivity contribution in [3.63, 3.8) is 0 Å². The van der Waals surface area contributed by atoms with Crippen LogP contribution < -0.4 is 0 Å². The first-order valence-corrected chi connectivity index (χ1v) is 6.65. The van der Waals surface area contributed by atoms with Crippen LogP contribution in [0, 0.1) is 6.07 Å². The lowest BCUT2D eigenvalue weighted by molar-refractivity contribution is 1.69. The van der Waals surface area contributed by atoms with Gasteiger partial charge >= 0.3 is 0 Å². The highest BCUT2D eigenvalue weighted by Crippen LogP contribution is 2.37. The third-order valence-electron chi connectivity index (χ3n) is 2.77. The molecule has 3 aromatic rings. The van der Waals surface area contributed by atoms with Crippen LogP contribution in [-0.4, -0.2) is 0 Å². The molecule has 1 unspecified atom stereocenters. The molecule has 0 aliphatic heterocycles. The molecule has 0 aliphatic carbocycles. The van der Waals surface area contributed by atoms with E-state index in [1.54, 1.807) is 0 Å². The molecular formula is C16H12P. The second kappa shape index (κ2) is 4.61. The van der Waals surface area contributed by atoms with Crippen molar-refractivity contribution >= 4 is 8.19 Å². The number of rotatable bonds is 2. The fourth-order valence-corrected chi connectivity index (χ4v) is 3.06. The van der Waals surface area contributed by atoms with Crippen LogP contribution in [0.5, 0.6) is 0 Å². The van der Waals surface area contributed by atoms with E-state index in [0.29, 0.717) is 8.19 Å². The first-order valence-electron chi connectivity index (χ1n) is 5.65. The van der Waals surface area contributed by atoms with Crippen molar-refractivity contribution in [2.45, 2.75) is 0 Å². The molecule has 1 heterocycles. The van der Waals surface area contributed by atoms with Crippen LogP contribution >= 0.6 is 8.19 Å². The van der Waals surface area contributed by atoms with Crippen molar-refractivity contribution in [1.29, 1.82) is 0 Å². The average Bonchev–Trinajstić information content (AvgIpc) is 2.90. The van der Waals surface area contributed by atoms with Crippen LogP contribution in [0.4, 0.5) is 0 Å². The van der Waals surface area contributed by atoms with Crippen molar-refractivity contribution in [2.24, 2.45) is 0 Å². The van der Waals surface area contributed by atoms with Crippen molar-refractivity contribution in [2.75, 3.05) is 0 Å². The molecule has 0 aliphatic rings. The largest absolute Gasteiger partial charge is 0.123 e. The van der Waals surface area contributed by atoms with Crippen LogP contribution in [-0.2, 0) is 0 Å². The van der Waals surface area contributed by atoms with E-state index in [1.807, 2.05) is 6.07 Å². The van der Waals surface area contributed by atoms with Gasteiger partial charge in [0.1, 0.15) is 0 Å². The predicted molar refractivity (Wildman–Crippen MR) is 75.7 cm³/mol. The molecule has 0 saturated carbocycles. The van der Waals surface area contributed by atoms with Crippen molar-refractivity contribution in [3.8, 4) is 21.7 Å². The summed E-state index contributed by atoms with van der Waals surface area (Å²) >= 11 is 0. The highest BCUT2D eigenvalue weighted by Gasteiger charge is 2.02. The molecular weight excluding hydrogens is 223 g/mol. The molecule has 1 atom stereocenters. The summed E-state index contributed by atoms with van der Waals surface area (Å²) in [5, 5.41) is 2.69. The highest BCUT2D eigenvalue weighted by molar-refractivity contribution is 7.37. The van der Waals surface area contributed by atoms with E-state index in [-0.39, 0.29) is 0 Å². The maximum Gasteiger partial charge on any atom is 0.00666 e. The van der Waals surface area contributed by atoms with Gasteiger partial charge < -0.3 is 0 Å². The molecule has 0 fully saturated rings. The second-order valence-electron chi connectivity index (χ2n) is 3.93. The molecule has 17 heavy (non-hydrogen) atoms. The van der Waals surface area contributed by atoms with Gasteiger partial charge in [-0.1, -0.05) is 60.7 Å². The lowest BCUT2D eigenvalue weighted by Crippen LogP contribution is -1.67. The van der Waals surface area contributed by atoms with Gasteiger partial charge in [0.25, 0.3) is 0 Å². The molecule has 0 bridgehead atoms. The maximum absolute atomic E-state index is 3.39. The standard InChI is InChI=1S/C16H12P/c1-3-7-13(8-4-1)15-11-12-16(17-15)14-9-5-2-6-10-14/h1-11,17H. The summed E-state index contributed by atoms with van der Waals surface area (Å²) in [6.45, 7) is 0. The molecule has 0 spiro atoms. The van der Waals surface area contributed by atoms with Gasteiger partial charge in [-0.3, -0.25) is 0 Å². The van der Waals surface area contributed by atoms with E-state index in [4.69, 9.17) is 0 Å². The molecule has 1 radical (unpaired) electrons. The molecule has 0 N–H and O–H groups in total. The Balaban J connectivity index is 1.99. The Bertz CT molecular complexity index is 540. The Morgan fingerprint density at radius 3 is 1.94 bits per heavy atom. The molecule has 0 amide bonds. The van der Waals surface area contributed by atoms with Crippen LogP contribution in [0.3, 0.4) is 0 Å². The van der Waals surface area contributed by atoms with Gasteiger partial charge in [-0.05, 0) is 28.6 Å². The summed E-state index contributed by atoms with van der Waals surface area (Å²) < 4.78 is 0. The summed E-state index contributed by atoms with van der Waals surface area (Å²) in [4.78, 5) is 0. The summed E-state index contributed by atoms with van der Waals surface area (Å²) in [5.41, 5.74) is 2.59. The quantitative estimate of drug-likeness (QED) is 0.595. The molecule has 1 aromatic heterocycles. The minimum absolute atomic E-state index is 0.712. The Morgan fingerprint density at radius 1 is 0.706 bits per heavy atom. The van der Waals surface area contributed by atoms with Crippen LogP contribution in [0.1, 0.15) is 0 Å². The van der Waals surface area contributed by atoms with Gasteiger partial charge in [0, 0.05) is 5.30 Å². The maximum atomic E-state index is 3.39. The lowest BCUT2D eigenvalue weighted by Gasteiger charge is -1.97. The number of benzene rings is 2. The minimum Gasteiger partial charge on any atom is -0.123 e. The Hall–Kier alpha value is -1.78. The summed E-state index contributed by atoms with van der Waals surface area (Å²) in [5.74, 6) is 0. The molecule has 0 nitrogen and oxygen atoms in total. The predicted octanol–water partition coefficient (Wildman–Crippen LogP) is 4.85. The Labute approximate surface area is 103 Å². The summed E-state index contributed by atoms with van der Waals surface area (Å²) in [7, 11) is 0.712. The third kappa shape index (κ3) is 2.18. The fourth-order valence-electron chi connectivity index (χ4n) is 1.88. The van der Waals surface area contributed by atoms with Gasteiger partial charge in [0.2, 0.25) is 0 Å². The van der Waals surface area contributed by atoms with Crippen LogP contribution in [0.25, 0.3) is 21.7 Å². The Morgan fingerprint density at radius 2 is 1.29 bits per heavy atom. The topological polar surface area (TPSA) is 0 Å². The van der Waals surface area contributed by atoms with E-state index >= 15 is 0 Å². The molecule has 1 heteroatoms. The van der Waals surface area contributed by atoms with E-state index in [2.05, 4.69) is 66.7 Å². The Kier molecular flexibility index (Phi) is 2.81. The normalized spacial score (nSPS) is 10.4. The smallest absolute Gasteiger partial charge is 0.00666 e. The van der Waals surface area contributed by atoms with Crippen LogP contribution in [0.15, 0.2) is 66.7 Å². The van der Waals surface area contributed by atoms with E-state index < -0.39 is 0 Å². The van der Waals surface area contributed by atoms with E-state index in [1.165, 1.54) is 21.7 Å². The van der Waals surface area contributed by atoms with Crippen molar-refractivity contribution in [3.05, 3.63) is 72.8 Å². The molecule has 3 rings (SSSR count). The van der Waals surface area contributed by atoms with E-state index in [9.17, 15) is 0 Å². The average molecular weight is 235 g/mol. The van der Waals surface area contributed by atoms with Gasteiger partial charge in [0.05, 0.1) is 0 Å². The van der Waals surface area contributed by atoms with Crippen molar-refractivity contribution in [1.82, 2.24) is 0 Å². The van der Waals surface area contributed by atoms with Crippen molar-refractivity contribution < 1.29 is 0 Å². The second-order valence-corrected chi connectivity index (χ2v) is 5.22. The zero-order chi connectivity index (χ0) is 11.5.